The van der Waals surface area contributed by atoms with Crippen LogP contribution in [0.5, 0.6) is 0 Å². The fourth-order valence-electron chi connectivity index (χ4n) is 2.78. The average molecular weight is 369 g/mol. The van der Waals surface area contributed by atoms with Gasteiger partial charge >= 0.3 is 0 Å². The third kappa shape index (κ3) is 4.29. The zero-order chi connectivity index (χ0) is 18.7. The molecule has 0 saturated carbocycles. The van der Waals surface area contributed by atoms with Crippen LogP contribution < -0.4 is 10.6 Å². The first-order chi connectivity index (χ1) is 12.4. The van der Waals surface area contributed by atoms with Gasteiger partial charge in [-0.25, -0.2) is 0 Å². The lowest BCUT2D eigenvalue weighted by atomic mass is 10.1. The van der Waals surface area contributed by atoms with Crippen molar-refractivity contribution in [2.24, 2.45) is 7.05 Å². The molecule has 2 heterocycles. The second-order valence-corrected chi connectivity index (χ2v) is 6.95. The van der Waals surface area contributed by atoms with Crippen LogP contribution >= 0.6 is 12.2 Å². The molecule has 6 nitrogen and oxygen atoms in total. The van der Waals surface area contributed by atoms with Crippen molar-refractivity contribution in [2.45, 2.75) is 33.4 Å². The molecule has 2 aromatic heterocycles. The molecule has 1 unspecified atom stereocenters. The van der Waals surface area contributed by atoms with Gasteiger partial charge in [0.05, 0.1) is 30.7 Å². The smallest absolute Gasteiger partial charge is 0.171 e. The first-order valence-corrected chi connectivity index (χ1v) is 8.97. The Balaban J connectivity index is 1.57. The van der Waals surface area contributed by atoms with Gasteiger partial charge in [0.1, 0.15) is 0 Å². The Hall–Kier alpha value is -2.67. The highest BCUT2D eigenvalue weighted by atomic mass is 32.1. The van der Waals surface area contributed by atoms with Crippen LogP contribution in [0.1, 0.15) is 35.3 Å². The summed E-state index contributed by atoms with van der Waals surface area (Å²) in [5, 5.41) is 15.7. The van der Waals surface area contributed by atoms with Crippen molar-refractivity contribution in [2.75, 3.05) is 5.32 Å². The molecule has 0 spiro atoms. The van der Waals surface area contributed by atoms with E-state index in [1.807, 2.05) is 35.7 Å². The van der Waals surface area contributed by atoms with E-state index in [0.717, 1.165) is 23.5 Å². The van der Waals surface area contributed by atoms with Crippen molar-refractivity contribution >= 4 is 23.0 Å². The maximum Gasteiger partial charge on any atom is 0.171 e. The number of aryl methyl sites for hydroxylation is 2. The Morgan fingerprint density at radius 1 is 1.15 bits per heavy atom. The van der Waals surface area contributed by atoms with Gasteiger partial charge in [0.2, 0.25) is 0 Å². The molecule has 26 heavy (non-hydrogen) atoms. The van der Waals surface area contributed by atoms with Gasteiger partial charge in [-0.1, -0.05) is 29.8 Å². The number of aromatic nitrogens is 4. The largest absolute Gasteiger partial charge is 0.356 e. The number of thiocarbonyl (C=S) groups is 1. The van der Waals surface area contributed by atoms with Crippen molar-refractivity contribution < 1.29 is 0 Å². The molecule has 3 aromatic rings. The lowest BCUT2D eigenvalue weighted by Crippen LogP contribution is -2.31. The van der Waals surface area contributed by atoms with Gasteiger partial charge in [-0.15, -0.1) is 0 Å². The maximum absolute atomic E-state index is 5.43. The van der Waals surface area contributed by atoms with Gasteiger partial charge in [0, 0.05) is 24.5 Å². The van der Waals surface area contributed by atoms with E-state index in [1.165, 1.54) is 11.1 Å². The molecule has 0 aliphatic rings. The standard InChI is InChI=1S/C19H24N6S/c1-13-5-7-16(8-6-13)11-25-12-17(9-21-25)23-19(26)22-14(2)18-10-20-24(4)15(18)3/h5-10,12,14H,11H2,1-4H3,(H2,22,23,26). The minimum absolute atomic E-state index is 0.0753. The monoisotopic (exact) mass is 368 g/mol. The Kier molecular flexibility index (Phi) is 5.37. The van der Waals surface area contributed by atoms with Gasteiger partial charge < -0.3 is 10.6 Å². The summed E-state index contributed by atoms with van der Waals surface area (Å²) in [4.78, 5) is 0. The molecule has 0 amide bonds. The SMILES string of the molecule is Cc1ccc(Cn2cc(NC(=S)NC(C)c3cnn(C)c3C)cn2)cc1. The van der Waals surface area contributed by atoms with Crippen LogP contribution in [0.25, 0.3) is 0 Å². The van der Waals surface area contributed by atoms with E-state index in [9.17, 15) is 0 Å². The van der Waals surface area contributed by atoms with Crippen LogP contribution in [0.4, 0.5) is 5.69 Å². The third-order valence-corrected chi connectivity index (χ3v) is 4.66. The molecule has 7 heteroatoms. The van der Waals surface area contributed by atoms with Crippen molar-refractivity contribution in [3.05, 3.63) is 65.2 Å². The van der Waals surface area contributed by atoms with Crippen LogP contribution in [0.3, 0.4) is 0 Å². The molecule has 2 N–H and O–H groups in total. The van der Waals surface area contributed by atoms with Crippen molar-refractivity contribution in [3.8, 4) is 0 Å². The number of rotatable bonds is 5. The van der Waals surface area contributed by atoms with Crippen LogP contribution in [0, 0.1) is 13.8 Å². The van der Waals surface area contributed by atoms with E-state index in [2.05, 4.69) is 58.9 Å². The van der Waals surface area contributed by atoms with E-state index in [0.29, 0.717) is 5.11 Å². The maximum atomic E-state index is 5.43. The number of anilines is 1. The summed E-state index contributed by atoms with van der Waals surface area (Å²) in [6.45, 7) is 6.93. The van der Waals surface area contributed by atoms with Gasteiger partial charge in [0.15, 0.2) is 5.11 Å². The molecule has 0 fully saturated rings. The summed E-state index contributed by atoms with van der Waals surface area (Å²) in [5.74, 6) is 0. The lowest BCUT2D eigenvalue weighted by molar-refractivity contribution is 0.687. The van der Waals surface area contributed by atoms with E-state index >= 15 is 0 Å². The highest BCUT2D eigenvalue weighted by Crippen LogP contribution is 2.16. The number of nitrogens with zero attached hydrogens (tertiary/aromatic N) is 4. The molecular weight excluding hydrogens is 344 g/mol. The Bertz CT molecular complexity index is 893. The van der Waals surface area contributed by atoms with Crippen molar-refractivity contribution in [3.63, 3.8) is 0 Å². The van der Waals surface area contributed by atoms with E-state index in [4.69, 9.17) is 12.2 Å². The van der Waals surface area contributed by atoms with Gasteiger partial charge in [0.25, 0.3) is 0 Å². The molecule has 0 aliphatic carbocycles. The van der Waals surface area contributed by atoms with Crippen LogP contribution in [-0.4, -0.2) is 24.7 Å². The number of hydrogen-bond acceptors (Lipinski definition) is 3. The van der Waals surface area contributed by atoms with Gasteiger partial charge in [-0.3, -0.25) is 9.36 Å². The molecule has 3 rings (SSSR count). The number of nitrogens with one attached hydrogen (secondary N) is 2. The Morgan fingerprint density at radius 3 is 2.54 bits per heavy atom. The van der Waals surface area contributed by atoms with Gasteiger partial charge in [-0.05, 0) is 38.6 Å². The normalized spacial score (nSPS) is 12.0. The zero-order valence-electron chi connectivity index (χ0n) is 15.5. The highest BCUT2D eigenvalue weighted by Gasteiger charge is 2.13. The molecule has 0 saturated heterocycles. The molecule has 0 bridgehead atoms. The third-order valence-electron chi connectivity index (χ3n) is 4.44. The van der Waals surface area contributed by atoms with Crippen LogP contribution in [0.15, 0.2) is 42.9 Å². The highest BCUT2D eigenvalue weighted by molar-refractivity contribution is 7.80. The number of hydrogen-bond donors (Lipinski definition) is 2. The fraction of sp³-hybridized carbons (Fsp3) is 0.316. The quantitative estimate of drug-likeness (QED) is 0.677. The minimum atomic E-state index is 0.0753. The summed E-state index contributed by atoms with van der Waals surface area (Å²) >= 11 is 5.43. The predicted octanol–water partition coefficient (Wildman–Crippen LogP) is 3.33. The Morgan fingerprint density at radius 2 is 1.88 bits per heavy atom. The van der Waals surface area contributed by atoms with E-state index in [-0.39, 0.29) is 6.04 Å². The number of benzene rings is 1. The predicted molar refractivity (Wildman–Crippen MR) is 108 cm³/mol. The molecule has 0 radical (unpaired) electrons. The van der Waals surface area contributed by atoms with Crippen LogP contribution in [-0.2, 0) is 13.6 Å². The first-order valence-electron chi connectivity index (χ1n) is 8.56. The lowest BCUT2D eigenvalue weighted by Gasteiger charge is -2.16. The Labute approximate surface area is 159 Å². The molecular formula is C19H24N6S. The van der Waals surface area contributed by atoms with Crippen molar-refractivity contribution in [1.82, 2.24) is 24.9 Å². The van der Waals surface area contributed by atoms with Crippen LogP contribution in [0.2, 0.25) is 0 Å². The van der Waals surface area contributed by atoms with E-state index in [1.54, 1.807) is 6.20 Å². The molecule has 1 aromatic carbocycles. The zero-order valence-corrected chi connectivity index (χ0v) is 16.3. The summed E-state index contributed by atoms with van der Waals surface area (Å²) in [6.07, 6.45) is 5.60. The van der Waals surface area contributed by atoms with E-state index < -0.39 is 0 Å². The second kappa shape index (κ2) is 7.70. The van der Waals surface area contributed by atoms with Crippen molar-refractivity contribution in [1.29, 1.82) is 0 Å². The topological polar surface area (TPSA) is 59.7 Å². The minimum Gasteiger partial charge on any atom is -0.356 e. The fourth-order valence-corrected chi connectivity index (χ4v) is 3.07. The molecule has 1 atom stereocenters. The first kappa shape index (κ1) is 18.1. The molecule has 0 aliphatic heterocycles. The second-order valence-electron chi connectivity index (χ2n) is 6.54. The average Bonchev–Trinajstić information content (AvgIpc) is 3.16. The summed E-state index contributed by atoms with van der Waals surface area (Å²) in [6, 6.07) is 8.53. The summed E-state index contributed by atoms with van der Waals surface area (Å²) in [5.41, 5.74) is 5.59. The molecule has 136 valence electrons. The summed E-state index contributed by atoms with van der Waals surface area (Å²) < 4.78 is 3.75. The van der Waals surface area contributed by atoms with Gasteiger partial charge in [-0.2, -0.15) is 10.2 Å². The summed E-state index contributed by atoms with van der Waals surface area (Å²) in [7, 11) is 1.94.